The summed E-state index contributed by atoms with van der Waals surface area (Å²) >= 11 is 0. The first-order valence-corrected chi connectivity index (χ1v) is 13.6. The van der Waals surface area contributed by atoms with Crippen LogP contribution in [-0.2, 0) is 20.9 Å². The fourth-order valence-electron chi connectivity index (χ4n) is 5.25. The molecule has 3 aromatic rings. The predicted octanol–water partition coefficient (Wildman–Crippen LogP) is 4.42. The minimum absolute atomic E-state index is 0.0411. The maximum atomic E-state index is 13.3. The summed E-state index contributed by atoms with van der Waals surface area (Å²) in [6, 6.07) is 20.7. The summed E-state index contributed by atoms with van der Waals surface area (Å²) < 4.78 is 11.4. The third kappa shape index (κ3) is 6.03. The maximum Gasteiger partial charge on any atom is 0.295 e. The van der Waals surface area contributed by atoms with E-state index >= 15 is 0 Å². The average Bonchev–Trinajstić information content (AvgIpc) is 3.22. The highest BCUT2D eigenvalue weighted by Gasteiger charge is 2.45. The molecule has 0 aliphatic carbocycles. The molecule has 208 valence electrons. The number of aromatic hydroxyl groups is 1. The topological polar surface area (TPSA) is 99.5 Å². The van der Waals surface area contributed by atoms with Crippen molar-refractivity contribution in [2.75, 3.05) is 39.4 Å². The number of aliphatic hydroxyl groups is 1. The molecule has 2 saturated heterocycles. The molecule has 0 aromatic heterocycles. The van der Waals surface area contributed by atoms with Crippen molar-refractivity contribution in [3.05, 3.63) is 101 Å². The fraction of sp³-hybridized carbons (Fsp3) is 0.312. The Morgan fingerprint density at radius 1 is 0.975 bits per heavy atom. The normalized spacial score (nSPS) is 19.2. The van der Waals surface area contributed by atoms with E-state index in [-0.39, 0.29) is 17.1 Å². The number of aliphatic hydroxyl groups excluding tert-OH is 1. The van der Waals surface area contributed by atoms with Gasteiger partial charge < -0.3 is 24.6 Å². The van der Waals surface area contributed by atoms with Gasteiger partial charge in [0.05, 0.1) is 24.8 Å². The number of hydrogen-bond acceptors (Lipinski definition) is 7. The number of Topliss-reactive ketones (excluding diaryl/α,β-unsaturated/α-hetero) is 1. The van der Waals surface area contributed by atoms with Crippen LogP contribution in [0.3, 0.4) is 0 Å². The minimum Gasteiger partial charge on any atom is -0.508 e. The SMILES string of the molecule is Cc1cc(/C(O)=C2\C(=O)C(=O)N(CCCN3CCOCC3)[C@@H]2c2ccc(O)cc2)ccc1OCc1ccccc1. The zero-order valence-corrected chi connectivity index (χ0v) is 22.6. The Labute approximate surface area is 234 Å². The van der Waals surface area contributed by atoms with Crippen molar-refractivity contribution in [3.63, 3.8) is 0 Å². The van der Waals surface area contributed by atoms with Gasteiger partial charge in [0, 0.05) is 31.7 Å². The van der Waals surface area contributed by atoms with E-state index in [1.807, 2.05) is 37.3 Å². The van der Waals surface area contributed by atoms with Crippen LogP contribution in [0.2, 0.25) is 0 Å². The van der Waals surface area contributed by atoms with E-state index in [0.717, 1.165) is 30.8 Å². The Morgan fingerprint density at radius 2 is 1.70 bits per heavy atom. The second kappa shape index (κ2) is 12.4. The summed E-state index contributed by atoms with van der Waals surface area (Å²) in [5, 5.41) is 21.3. The summed E-state index contributed by atoms with van der Waals surface area (Å²) in [4.78, 5) is 30.4. The smallest absolute Gasteiger partial charge is 0.295 e. The number of hydrogen-bond donors (Lipinski definition) is 2. The molecule has 0 spiro atoms. The molecule has 0 radical (unpaired) electrons. The molecule has 8 nitrogen and oxygen atoms in total. The molecule has 2 aliphatic heterocycles. The van der Waals surface area contributed by atoms with Crippen LogP contribution >= 0.6 is 0 Å². The van der Waals surface area contributed by atoms with Crippen LogP contribution in [0.5, 0.6) is 11.5 Å². The van der Waals surface area contributed by atoms with Gasteiger partial charge in [0.25, 0.3) is 11.7 Å². The molecule has 40 heavy (non-hydrogen) atoms. The van der Waals surface area contributed by atoms with E-state index in [9.17, 15) is 19.8 Å². The molecule has 2 aliphatic rings. The van der Waals surface area contributed by atoms with E-state index < -0.39 is 17.7 Å². The van der Waals surface area contributed by atoms with E-state index in [1.165, 1.54) is 17.0 Å². The monoisotopic (exact) mass is 542 g/mol. The molecule has 5 rings (SSSR count). The first-order valence-electron chi connectivity index (χ1n) is 13.6. The highest BCUT2D eigenvalue weighted by molar-refractivity contribution is 6.46. The summed E-state index contributed by atoms with van der Waals surface area (Å²) in [5.41, 5.74) is 2.95. The number of ketones is 1. The average molecular weight is 543 g/mol. The van der Waals surface area contributed by atoms with Gasteiger partial charge in [-0.3, -0.25) is 14.5 Å². The Balaban J connectivity index is 1.41. The maximum absolute atomic E-state index is 13.3. The lowest BCUT2D eigenvalue weighted by atomic mass is 9.94. The third-order valence-corrected chi connectivity index (χ3v) is 7.41. The molecule has 0 saturated carbocycles. The van der Waals surface area contributed by atoms with Gasteiger partial charge in [-0.2, -0.15) is 0 Å². The van der Waals surface area contributed by atoms with Crippen molar-refractivity contribution in [1.29, 1.82) is 0 Å². The molecule has 0 bridgehead atoms. The number of amides is 1. The lowest BCUT2D eigenvalue weighted by Gasteiger charge is -2.29. The van der Waals surface area contributed by atoms with Crippen molar-refractivity contribution < 1.29 is 29.3 Å². The van der Waals surface area contributed by atoms with Gasteiger partial charge >= 0.3 is 0 Å². The number of aryl methyl sites for hydroxylation is 1. The van der Waals surface area contributed by atoms with Crippen molar-refractivity contribution in [3.8, 4) is 11.5 Å². The summed E-state index contributed by atoms with van der Waals surface area (Å²) in [6.07, 6.45) is 0.675. The van der Waals surface area contributed by atoms with Crippen LogP contribution in [0, 0.1) is 6.92 Å². The number of phenols is 1. The number of carbonyl (C=O) groups is 2. The third-order valence-electron chi connectivity index (χ3n) is 7.41. The minimum atomic E-state index is -0.764. The predicted molar refractivity (Wildman–Crippen MR) is 151 cm³/mol. The Kier molecular flexibility index (Phi) is 8.48. The quantitative estimate of drug-likeness (QED) is 0.235. The highest BCUT2D eigenvalue weighted by atomic mass is 16.5. The second-order valence-corrected chi connectivity index (χ2v) is 10.1. The van der Waals surface area contributed by atoms with Gasteiger partial charge in [0.2, 0.25) is 0 Å². The van der Waals surface area contributed by atoms with Gasteiger partial charge in [-0.05, 0) is 60.4 Å². The molecule has 1 amide bonds. The van der Waals surface area contributed by atoms with Crippen molar-refractivity contribution in [2.24, 2.45) is 0 Å². The molecule has 0 unspecified atom stereocenters. The first-order chi connectivity index (χ1) is 19.4. The molecular formula is C32H34N2O6. The molecule has 2 fully saturated rings. The molecule has 8 heteroatoms. The van der Waals surface area contributed by atoms with Crippen molar-refractivity contribution in [2.45, 2.75) is 26.0 Å². The summed E-state index contributed by atoms with van der Waals surface area (Å²) in [5.74, 6) is -0.844. The van der Waals surface area contributed by atoms with Crippen molar-refractivity contribution >= 4 is 17.4 Å². The van der Waals surface area contributed by atoms with Gasteiger partial charge in [0.1, 0.15) is 23.9 Å². The van der Waals surface area contributed by atoms with E-state index in [0.29, 0.717) is 49.7 Å². The Bertz CT molecular complexity index is 1380. The van der Waals surface area contributed by atoms with Crippen LogP contribution in [-0.4, -0.2) is 71.1 Å². The molecule has 3 aromatic carbocycles. The number of morpholine rings is 1. The van der Waals surface area contributed by atoms with Crippen LogP contribution < -0.4 is 4.74 Å². The van der Waals surface area contributed by atoms with E-state index in [4.69, 9.17) is 9.47 Å². The van der Waals surface area contributed by atoms with Crippen LogP contribution in [0.1, 0.15) is 34.7 Å². The summed E-state index contributed by atoms with van der Waals surface area (Å²) in [6.45, 7) is 6.46. The number of likely N-dealkylation sites (tertiary alicyclic amines) is 1. The number of nitrogens with zero attached hydrogens (tertiary/aromatic N) is 2. The zero-order valence-electron chi connectivity index (χ0n) is 22.6. The lowest BCUT2D eigenvalue weighted by Crippen LogP contribution is -2.38. The van der Waals surface area contributed by atoms with Gasteiger partial charge in [-0.1, -0.05) is 42.5 Å². The largest absolute Gasteiger partial charge is 0.508 e. The molecule has 2 heterocycles. The van der Waals surface area contributed by atoms with Crippen LogP contribution in [0.25, 0.3) is 5.76 Å². The number of ether oxygens (including phenoxy) is 2. The zero-order chi connectivity index (χ0) is 28.1. The number of carbonyl (C=O) groups excluding carboxylic acids is 2. The number of benzene rings is 3. The van der Waals surface area contributed by atoms with Gasteiger partial charge in [0.15, 0.2) is 0 Å². The van der Waals surface area contributed by atoms with Gasteiger partial charge in [-0.15, -0.1) is 0 Å². The second-order valence-electron chi connectivity index (χ2n) is 10.1. The molecular weight excluding hydrogens is 508 g/mol. The summed E-state index contributed by atoms with van der Waals surface area (Å²) in [7, 11) is 0. The first kappa shape index (κ1) is 27.4. The van der Waals surface area contributed by atoms with Crippen LogP contribution in [0.15, 0.2) is 78.4 Å². The van der Waals surface area contributed by atoms with E-state index in [2.05, 4.69) is 4.90 Å². The Morgan fingerprint density at radius 3 is 2.40 bits per heavy atom. The van der Waals surface area contributed by atoms with E-state index in [1.54, 1.807) is 30.3 Å². The standard InChI is InChI=1S/C32H34N2O6/c1-22-20-25(10-13-27(22)40-21-23-6-3-2-4-7-23)30(36)28-29(24-8-11-26(35)12-9-24)34(32(38)31(28)37)15-5-14-33-16-18-39-19-17-33/h2-4,6-13,20,29,35-36H,5,14-19,21H2,1H3/b30-28+/t29-/m1/s1. The lowest BCUT2D eigenvalue weighted by molar-refractivity contribution is -0.140. The van der Waals surface area contributed by atoms with Crippen LogP contribution in [0.4, 0.5) is 0 Å². The van der Waals surface area contributed by atoms with Gasteiger partial charge in [-0.25, -0.2) is 0 Å². The number of rotatable bonds is 9. The molecule has 1 atom stereocenters. The highest BCUT2D eigenvalue weighted by Crippen LogP contribution is 2.40. The fourth-order valence-corrected chi connectivity index (χ4v) is 5.25. The molecule has 2 N–H and O–H groups in total. The van der Waals surface area contributed by atoms with Crippen molar-refractivity contribution in [1.82, 2.24) is 9.80 Å². The Hall–Kier alpha value is -4.14. The number of phenolic OH excluding ortho intramolecular Hbond substituents is 1.